The zero-order valence-corrected chi connectivity index (χ0v) is 19.9. The van der Waals surface area contributed by atoms with Gasteiger partial charge in [-0.3, -0.25) is 15.0 Å². The van der Waals surface area contributed by atoms with Crippen LogP contribution in [-0.4, -0.2) is 41.4 Å². The summed E-state index contributed by atoms with van der Waals surface area (Å²) in [4.78, 5) is 17.3. The van der Waals surface area contributed by atoms with Crippen molar-refractivity contribution in [1.29, 1.82) is 0 Å². The van der Waals surface area contributed by atoms with Gasteiger partial charge in [0, 0.05) is 52.6 Å². The molecular formula is C29H23FN4O2. The summed E-state index contributed by atoms with van der Waals surface area (Å²) in [7, 11) is 3.16. The molecule has 0 saturated heterocycles. The third-order valence-corrected chi connectivity index (χ3v) is 6.48. The van der Waals surface area contributed by atoms with Gasteiger partial charge in [-0.15, -0.1) is 0 Å². The summed E-state index contributed by atoms with van der Waals surface area (Å²) in [5, 5.41) is 0.892. The standard InChI is InChI=1S/C29H23FN4O2/c1-35-22-10-19(9-21(30)13-22)28-25-14-27(34-26(25)6-8-32-28)29-24-12-18(4-3-17(24)5-7-33-29)20-11-23(36-2)16-31-15-20/h3-4,6,8-16,34H,5,7H2,1-2H3. The first-order valence-corrected chi connectivity index (χ1v) is 11.6. The molecule has 0 saturated carbocycles. The van der Waals surface area contributed by atoms with Crippen LogP contribution < -0.4 is 9.47 Å². The average molecular weight is 479 g/mol. The van der Waals surface area contributed by atoms with Crippen molar-refractivity contribution in [2.75, 3.05) is 20.8 Å². The number of nitrogens with one attached hydrogen (secondary N) is 1. The van der Waals surface area contributed by atoms with Gasteiger partial charge in [0.25, 0.3) is 0 Å². The summed E-state index contributed by atoms with van der Waals surface area (Å²) in [5.41, 5.74) is 8.37. The van der Waals surface area contributed by atoms with E-state index in [2.05, 4.69) is 33.2 Å². The Hall–Kier alpha value is -4.52. The van der Waals surface area contributed by atoms with Gasteiger partial charge in [-0.1, -0.05) is 12.1 Å². The maximum atomic E-state index is 14.2. The molecule has 0 amide bonds. The van der Waals surface area contributed by atoms with Gasteiger partial charge in [-0.05, 0) is 53.9 Å². The molecule has 5 aromatic rings. The maximum Gasteiger partial charge on any atom is 0.137 e. The van der Waals surface area contributed by atoms with Crippen LogP contribution in [-0.2, 0) is 6.42 Å². The zero-order valence-electron chi connectivity index (χ0n) is 19.9. The average Bonchev–Trinajstić information content (AvgIpc) is 3.36. The second-order valence-electron chi connectivity index (χ2n) is 8.65. The number of H-pyrrole nitrogens is 1. The molecule has 0 unspecified atom stereocenters. The van der Waals surface area contributed by atoms with E-state index in [0.29, 0.717) is 29.3 Å². The van der Waals surface area contributed by atoms with Crippen LogP contribution >= 0.6 is 0 Å². The Morgan fingerprint density at radius 2 is 1.72 bits per heavy atom. The molecule has 1 N–H and O–H groups in total. The molecule has 1 aliphatic rings. The number of hydrogen-bond acceptors (Lipinski definition) is 5. The molecule has 3 aromatic heterocycles. The van der Waals surface area contributed by atoms with Gasteiger partial charge in [0.15, 0.2) is 0 Å². The molecule has 178 valence electrons. The molecule has 0 radical (unpaired) electrons. The molecule has 0 bridgehead atoms. The van der Waals surface area contributed by atoms with E-state index in [4.69, 9.17) is 14.5 Å². The first kappa shape index (κ1) is 22.0. The third kappa shape index (κ3) is 3.88. The minimum absolute atomic E-state index is 0.371. The fraction of sp³-hybridized carbons (Fsp3) is 0.138. The van der Waals surface area contributed by atoms with Crippen molar-refractivity contribution < 1.29 is 13.9 Å². The first-order chi connectivity index (χ1) is 17.6. The molecule has 36 heavy (non-hydrogen) atoms. The molecule has 0 fully saturated rings. The van der Waals surface area contributed by atoms with Gasteiger partial charge < -0.3 is 14.5 Å². The molecule has 2 aromatic carbocycles. The highest BCUT2D eigenvalue weighted by Gasteiger charge is 2.20. The van der Waals surface area contributed by atoms with Crippen LogP contribution in [0, 0.1) is 5.82 Å². The van der Waals surface area contributed by atoms with Crippen LogP contribution in [0.5, 0.6) is 11.5 Å². The molecule has 0 atom stereocenters. The van der Waals surface area contributed by atoms with Crippen molar-refractivity contribution in [3.63, 3.8) is 0 Å². The molecular weight excluding hydrogens is 455 g/mol. The lowest BCUT2D eigenvalue weighted by atomic mass is 9.92. The third-order valence-electron chi connectivity index (χ3n) is 6.48. The number of halogens is 1. The predicted molar refractivity (Wildman–Crippen MR) is 138 cm³/mol. The van der Waals surface area contributed by atoms with E-state index in [1.54, 1.807) is 25.6 Å². The Labute approximate surface area is 207 Å². The Bertz CT molecular complexity index is 1640. The normalized spacial score (nSPS) is 12.8. The number of aromatic amines is 1. The van der Waals surface area contributed by atoms with Crippen LogP contribution in [0.4, 0.5) is 4.39 Å². The van der Waals surface area contributed by atoms with Gasteiger partial charge in [0.05, 0.1) is 37.5 Å². The number of methoxy groups -OCH3 is 2. The number of nitrogens with zero attached hydrogens (tertiary/aromatic N) is 3. The molecule has 7 heteroatoms. The highest BCUT2D eigenvalue weighted by atomic mass is 19.1. The van der Waals surface area contributed by atoms with Crippen molar-refractivity contribution >= 4 is 16.6 Å². The Morgan fingerprint density at radius 3 is 2.58 bits per heavy atom. The number of aliphatic imine (C=N–C) groups is 1. The fourth-order valence-corrected chi connectivity index (χ4v) is 4.72. The minimum atomic E-state index is -0.371. The topological polar surface area (TPSA) is 72.4 Å². The van der Waals surface area contributed by atoms with Gasteiger partial charge in [0.1, 0.15) is 17.3 Å². The monoisotopic (exact) mass is 478 g/mol. The van der Waals surface area contributed by atoms with E-state index in [1.807, 2.05) is 24.4 Å². The van der Waals surface area contributed by atoms with Crippen LogP contribution in [0.15, 0.2) is 78.2 Å². The SMILES string of the molecule is COc1cncc(-c2ccc3c(c2)C(c2cc4c(-c5cc(F)cc(OC)c5)nccc4[nH]2)=NCC3)c1. The number of aromatic nitrogens is 3. The van der Waals surface area contributed by atoms with Crippen molar-refractivity contribution in [2.24, 2.45) is 4.99 Å². The summed E-state index contributed by atoms with van der Waals surface area (Å²) in [6.45, 7) is 0.712. The lowest BCUT2D eigenvalue weighted by Gasteiger charge is -2.17. The lowest BCUT2D eigenvalue weighted by molar-refractivity contribution is 0.411. The maximum absolute atomic E-state index is 14.2. The predicted octanol–water partition coefficient (Wildman–Crippen LogP) is 5.84. The lowest BCUT2D eigenvalue weighted by Crippen LogP contribution is -2.14. The molecule has 0 aliphatic carbocycles. The number of rotatable bonds is 5. The number of pyridine rings is 2. The highest BCUT2D eigenvalue weighted by Crippen LogP contribution is 2.33. The Kier molecular flexibility index (Phi) is 5.45. The Morgan fingerprint density at radius 1 is 0.861 bits per heavy atom. The van der Waals surface area contributed by atoms with Crippen LogP contribution in [0.25, 0.3) is 33.3 Å². The molecule has 0 spiro atoms. The second-order valence-corrected chi connectivity index (χ2v) is 8.65. The Balaban J connectivity index is 1.45. The molecule has 1 aliphatic heterocycles. The first-order valence-electron chi connectivity index (χ1n) is 11.6. The number of ether oxygens (including phenoxy) is 2. The number of hydrogen-bond donors (Lipinski definition) is 1. The summed E-state index contributed by atoms with van der Waals surface area (Å²) >= 11 is 0. The number of benzene rings is 2. The van der Waals surface area contributed by atoms with Crippen LogP contribution in [0.1, 0.15) is 16.8 Å². The minimum Gasteiger partial charge on any atom is -0.497 e. The van der Waals surface area contributed by atoms with Crippen molar-refractivity contribution in [3.8, 4) is 33.9 Å². The molecule has 6 nitrogen and oxygen atoms in total. The van der Waals surface area contributed by atoms with E-state index in [0.717, 1.165) is 45.4 Å². The van der Waals surface area contributed by atoms with Gasteiger partial charge in [0.2, 0.25) is 0 Å². The fourth-order valence-electron chi connectivity index (χ4n) is 4.72. The summed E-state index contributed by atoms with van der Waals surface area (Å²) in [6, 6.07) is 17.0. The quantitative estimate of drug-likeness (QED) is 0.344. The largest absolute Gasteiger partial charge is 0.497 e. The van der Waals surface area contributed by atoms with E-state index < -0.39 is 0 Å². The second kappa shape index (κ2) is 8.92. The van der Waals surface area contributed by atoms with Gasteiger partial charge >= 0.3 is 0 Å². The summed E-state index contributed by atoms with van der Waals surface area (Å²) in [5.74, 6) is 0.789. The molecule has 4 heterocycles. The van der Waals surface area contributed by atoms with Crippen LogP contribution in [0.2, 0.25) is 0 Å². The van der Waals surface area contributed by atoms with E-state index in [1.165, 1.54) is 24.8 Å². The molecule has 6 rings (SSSR count). The smallest absolute Gasteiger partial charge is 0.137 e. The van der Waals surface area contributed by atoms with Crippen molar-refractivity contribution in [1.82, 2.24) is 15.0 Å². The summed E-state index contributed by atoms with van der Waals surface area (Å²) < 4.78 is 24.9. The van der Waals surface area contributed by atoms with Crippen molar-refractivity contribution in [3.05, 3.63) is 95.8 Å². The highest BCUT2D eigenvalue weighted by molar-refractivity contribution is 6.16. The van der Waals surface area contributed by atoms with Gasteiger partial charge in [-0.2, -0.15) is 0 Å². The number of fused-ring (bicyclic) bond motifs is 2. The van der Waals surface area contributed by atoms with E-state index >= 15 is 0 Å². The summed E-state index contributed by atoms with van der Waals surface area (Å²) in [6.07, 6.45) is 6.13. The van der Waals surface area contributed by atoms with Crippen LogP contribution in [0.3, 0.4) is 0 Å². The van der Waals surface area contributed by atoms with E-state index in [-0.39, 0.29) is 5.82 Å². The zero-order chi connectivity index (χ0) is 24.6. The van der Waals surface area contributed by atoms with Crippen molar-refractivity contribution in [2.45, 2.75) is 6.42 Å². The van der Waals surface area contributed by atoms with Gasteiger partial charge in [-0.25, -0.2) is 4.39 Å². The van der Waals surface area contributed by atoms with E-state index in [9.17, 15) is 4.39 Å².